The summed E-state index contributed by atoms with van der Waals surface area (Å²) < 4.78 is 0. The maximum atomic E-state index is 10.4. The largest absolute Gasteiger partial charge is 1.00 e. The maximum Gasteiger partial charge on any atom is 1.00 e. The Hall–Kier alpha value is 0.0700. The van der Waals surface area contributed by atoms with Crippen LogP contribution in [0.4, 0.5) is 5.69 Å². The molecule has 6 heteroatoms. The molecular weight excluding hydrogens is 224 g/mol. The van der Waals surface area contributed by atoms with Gasteiger partial charge in [-0.1, -0.05) is 23.2 Å². The van der Waals surface area contributed by atoms with E-state index in [2.05, 4.69) is 0 Å². The average Bonchev–Trinajstić information content (AvgIpc) is 2.00. The first-order chi connectivity index (χ1) is 5.54. The number of hydrogen-bond acceptors (Lipinski definition) is 3. The maximum absolute atomic E-state index is 10.4. The summed E-state index contributed by atoms with van der Waals surface area (Å²) in [6, 6.07) is 2.60. The third-order valence-corrected chi connectivity index (χ3v) is 2.17. The molecule has 0 aliphatic carbocycles. The standard InChI is InChI=1S/C7H5Cl2NO2.Na/c8-4-2-1-3(7(11)12)6(10)5(4)9;/h1-2H,10H2,(H,11,12);/q;+1/p-1. The number of carbonyl (C=O) groups is 1. The number of carboxylic acids is 1. The third-order valence-electron chi connectivity index (χ3n) is 1.35. The number of halogens is 2. The van der Waals surface area contributed by atoms with Crippen LogP contribution in [-0.4, -0.2) is 5.97 Å². The van der Waals surface area contributed by atoms with Crippen LogP contribution in [-0.2, 0) is 0 Å². The summed E-state index contributed by atoms with van der Waals surface area (Å²) in [5, 5.41) is 10.7. The van der Waals surface area contributed by atoms with E-state index < -0.39 is 5.97 Å². The molecule has 1 aromatic rings. The summed E-state index contributed by atoms with van der Waals surface area (Å²) in [4.78, 5) is 10.4. The Bertz CT molecular complexity index is 344. The minimum Gasteiger partial charge on any atom is -0.545 e. The first kappa shape index (κ1) is 13.1. The minimum atomic E-state index is -1.37. The van der Waals surface area contributed by atoms with Gasteiger partial charge in [0.15, 0.2) is 0 Å². The molecule has 64 valence electrons. The predicted molar refractivity (Wildman–Crippen MR) is 45.2 cm³/mol. The second kappa shape index (κ2) is 5.08. The number of carboxylic acid groups (broad SMARTS) is 1. The van der Waals surface area contributed by atoms with Gasteiger partial charge in [-0.05, 0) is 12.1 Å². The Balaban J connectivity index is 0.00000144. The van der Waals surface area contributed by atoms with Crippen LogP contribution in [0.1, 0.15) is 10.4 Å². The smallest absolute Gasteiger partial charge is 0.545 e. The molecule has 3 nitrogen and oxygen atoms in total. The van der Waals surface area contributed by atoms with Crippen molar-refractivity contribution in [3.05, 3.63) is 27.7 Å². The van der Waals surface area contributed by atoms with Crippen LogP contribution in [0, 0.1) is 0 Å². The molecule has 0 heterocycles. The molecule has 0 saturated carbocycles. The summed E-state index contributed by atoms with van der Waals surface area (Å²) in [6.07, 6.45) is 0. The van der Waals surface area contributed by atoms with Gasteiger partial charge in [-0.25, -0.2) is 0 Å². The van der Waals surface area contributed by atoms with Crippen molar-refractivity contribution in [2.45, 2.75) is 0 Å². The molecule has 0 aliphatic rings. The van der Waals surface area contributed by atoms with Crippen LogP contribution in [0.15, 0.2) is 12.1 Å². The van der Waals surface area contributed by atoms with Crippen LogP contribution >= 0.6 is 23.2 Å². The van der Waals surface area contributed by atoms with E-state index in [1.54, 1.807) is 0 Å². The molecule has 0 aliphatic heterocycles. The molecule has 0 atom stereocenters. The fourth-order valence-electron chi connectivity index (χ4n) is 0.744. The first-order valence-electron chi connectivity index (χ1n) is 2.99. The van der Waals surface area contributed by atoms with Crippen LogP contribution in [0.25, 0.3) is 0 Å². The van der Waals surface area contributed by atoms with Gasteiger partial charge < -0.3 is 15.6 Å². The fraction of sp³-hybridized carbons (Fsp3) is 0. The molecule has 1 rings (SSSR count). The zero-order valence-corrected chi connectivity index (χ0v) is 10.3. The summed E-state index contributed by atoms with van der Waals surface area (Å²) in [5.41, 5.74) is 5.13. The second-order valence-corrected chi connectivity index (χ2v) is 2.90. The summed E-state index contributed by atoms with van der Waals surface area (Å²) >= 11 is 11.1. The number of carbonyl (C=O) groups excluding carboxylic acids is 1. The molecule has 0 amide bonds. The molecule has 0 saturated heterocycles. The van der Waals surface area contributed by atoms with Gasteiger partial charge in [0, 0.05) is 5.56 Å². The van der Waals surface area contributed by atoms with Gasteiger partial charge in [-0.15, -0.1) is 0 Å². The fourth-order valence-corrected chi connectivity index (χ4v) is 1.07. The number of aromatic carboxylic acids is 1. The third kappa shape index (κ3) is 2.76. The van der Waals surface area contributed by atoms with E-state index >= 15 is 0 Å². The van der Waals surface area contributed by atoms with Crippen molar-refractivity contribution in [3.8, 4) is 0 Å². The molecular formula is C7H4Cl2NNaO2. The number of hydrogen-bond donors (Lipinski definition) is 1. The van der Waals surface area contributed by atoms with Crippen LogP contribution in [0.2, 0.25) is 10.0 Å². The second-order valence-electron chi connectivity index (χ2n) is 2.11. The van der Waals surface area contributed by atoms with Crippen molar-refractivity contribution >= 4 is 34.9 Å². The molecule has 13 heavy (non-hydrogen) atoms. The van der Waals surface area contributed by atoms with E-state index in [1.807, 2.05) is 0 Å². The van der Waals surface area contributed by atoms with E-state index in [0.717, 1.165) is 0 Å². The number of anilines is 1. The zero-order chi connectivity index (χ0) is 9.30. The van der Waals surface area contributed by atoms with Crippen molar-refractivity contribution in [1.82, 2.24) is 0 Å². The van der Waals surface area contributed by atoms with Crippen molar-refractivity contribution in [2.75, 3.05) is 5.73 Å². The quantitative estimate of drug-likeness (QED) is 0.444. The van der Waals surface area contributed by atoms with E-state index in [9.17, 15) is 9.90 Å². The van der Waals surface area contributed by atoms with Gasteiger partial charge in [-0.2, -0.15) is 0 Å². The Morgan fingerprint density at radius 2 is 1.92 bits per heavy atom. The molecule has 1 aromatic carbocycles. The Labute approximate surface area is 107 Å². The summed E-state index contributed by atoms with van der Waals surface area (Å²) in [5.74, 6) is -1.37. The normalized spacial score (nSPS) is 9.08. The predicted octanol–water partition coefficient (Wildman–Crippen LogP) is -2.06. The Morgan fingerprint density at radius 3 is 2.38 bits per heavy atom. The Morgan fingerprint density at radius 1 is 1.38 bits per heavy atom. The van der Waals surface area contributed by atoms with Gasteiger partial charge in [0.2, 0.25) is 0 Å². The number of nitrogen functional groups attached to an aromatic ring is 1. The molecule has 0 aromatic heterocycles. The van der Waals surface area contributed by atoms with E-state index in [4.69, 9.17) is 28.9 Å². The van der Waals surface area contributed by atoms with Crippen LogP contribution < -0.4 is 40.4 Å². The zero-order valence-electron chi connectivity index (χ0n) is 6.80. The average molecular weight is 228 g/mol. The van der Waals surface area contributed by atoms with Crippen molar-refractivity contribution in [2.24, 2.45) is 0 Å². The number of benzene rings is 1. The SMILES string of the molecule is Nc1c(C(=O)[O-])ccc(Cl)c1Cl.[Na+]. The van der Waals surface area contributed by atoms with Crippen LogP contribution in [0.5, 0.6) is 0 Å². The number of rotatable bonds is 1. The molecule has 0 radical (unpaired) electrons. The molecule has 0 spiro atoms. The molecule has 0 bridgehead atoms. The van der Waals surface area contributed by atoms with E-state index in [-0.39, 0.29) is 50.9 Å². The van der Waals surface area contributed by atoms with Gasteiger partial charge in [0.25, 0.3) is 0 Å². The van der Waals surface area contributed by atoms with Crippen molar-refractivity contribution in [3.63, 3.8) is 0 Å². The molecule has 0 unspecified atom stereocenters. The minimum absolute atomic E-state index is 0. The number of nitrogens with two attached hydrogens (primary N) is 1. The monoisotopic (exact) mass is 227 g/mol. The van der Waals surface area contributed by atoms with Gasteiger partial charge in [0.1, 0.15) is 0 Å². The van der Waals surface area contributed by atoms with Gasteiger partial charge in [0.05, 0.1) is 21.7 Å². The van der Waals surface area contributed by atoms with Gasteiger partial charge >= 0.3 is 29.6 Å². The van der Waals surface area contributed by atoms with Crippen molar-refractivity contribution < 1.29 is 39.5 Å². The summed E-state index contributed by atoms with van der Waals surface area (Å²) in [6.45, 7) is 0. The van der Waals surface area contributed by atoms with Crippen LogP contribution in [0.3, 0.4) is 0 Å². The molecule has 0 fully saturated rings. The summed E-state index contributed by atoms with van der Waals surface area (Å²) in [7, 11) is 0. The molecule has 2 N–H and O–H groups in total. The van der Waals surface area contributed by atoms with Crippen molar-refractivity contribution in [1.29, 1.82) is 0 Å². The topological polar surface area (TPSA) is 66.2 Å². The van der Waals surface area contributed by atoms with Gasteiger partial charge in [-0.3, -0.25) is 0 Å². The van der Waals surface area contributed by atoms with E-state index in [0.29, 0.717) is 0 Å². The Kier molecular flexibility index (Phi) is 5.10. The van der Waals surface area contributed by atoms with E-state index in [1.165, 1.54) is 12.1 Å². The first-order valence-corrected chi connectivity index (χ1v) is 3.74.